The van der Waals surface area contributed by atoms with Gasteiger partial charge < -0.3 is 11.1 Å². The molecule has 0 aliphatic carbocycles. The van der Waals surface area contributed by atoms with Crippen LogP contribution in [0.1, 0.15) is 17.7 Å². The summed E-state index contributed by atoms with van der Waals surface area (Å²) in [5.41, 5.74) is 6.81. The van der Waals surface area contributed by atoms with Gasteiger partial charge in [0.25, 0.3) is 0 Å². The normalized spacial score (nSPS) is 12.6. The highest BCUT2D eigenvalue weighted by molar-refractivity contribution is 14.0. The van der Waals surface area contributed by atoms with Crippen LogP contribution in [0.25, 0.3) is 0 Å². The zero-order chi connectivity index (χ0) is 12.8. The minimum Gasteiger partial charge on any atom is -0.370 e. The van der Waals surface area contributed by atoms with Gasteiger partial charge in [0, 0.05) is 16.5 Å². The molecule has 0 fully saturated rings. The number of nitrogens with two attached hydrogens (primary N) is 1. The maximum absolute atomic E-state index is 5.85. The maximum Gasteiger partial charge on any atom is 0.193 e. The summed E-state index contributed by atoms with van der Waals surface area (Å²) in [5.74, 6) is 0.866. The Labute approximate surface area is 135 Å². The molecule has 1 unspecified atom stereocenters. The number of halogens is 1. The standard InChI is InChI=1S/C14H17N3S.HI/c1-11(13-8-5-9-18-13)10-16-14(15)17-12-6-3-2-4-7-12;/h2-9,11H,10H2,1H3,(H3,15,16,17);1H. The average molecular weight is 387 g/mol. The van der Waals surface area contributed by atoms with Crippen molar-refractivity contribution >= 4 is 47.0 Å². The molecular formula is C14H18IN3S. The van der Waals surface area contributed by atoms with Crippen molar-refractivity contribution in [3.05, 3.63) is 52.7 Å². The lowest BCUT2D eigenvalue weighted by Crippen LogP contribution is -2.23. The maximum atomic E-state index is 5.85. The van der Waals surface area contributed by atoms with Crippen LogP contribution in [0.2, 0.25) is 0 Å². The molecule has 1 heterocycles. The van der Waals surface area contributed by atoms with Crippen molar-refractivity contribution in [3.63, 3.8) is 0 Å². The van der Waals surface area contributed by atoms with E-state index in [-0.39, 0.29) is 24.0 Å². The van der Waals surface area contributed by atoms with E-state index in [4.69, 9.17) is 5.73 Å². The predicted molar refractivity (Wildman–Crippen MR) is 94.7 cm³/mol. The molecular weight excluding hydrogens is 369 g/mol. The molecule has 0 spiro atoms. The third-order valence-corrected chi connectivity index (χ3v) is 3.71. The Kier molecular flexibility index (Phi) is 6.86. The van der Waals surface area contributed by atoms with Crippen LogP contribution in [0.4, 0.5) is 5.69 Å². The first-order chi connectivity index (χ1) is 8.75. The van der Waals surface area contributed by atoms with Crippen LogP contribution in [0.3, 0.4) is 0 Å². The number of para-hydroxylation sites is 1. The predicted octanol–water partition coefficient (Wildman–Crippen LogP) is 3.90. The summed E-state index contributed by atoms with van der Waals surface area (Å²) in [6, 6.07) is 14.0. The summed E-state index contributed by atoms with van der Waals surface area (Å²) < 4.78 is 0. The van der Waals surface area contributed by atoms with Gasteiger partial charge >= 0.3 is 0 Å². The lowest BCUT2D eigenvalue weighted by Gasteiger charge is -2.08. The second-order valence-corrected chi connectivity index (χ2v) is 5.11. The molecule has 0 bridgehead atoms. The quantitative estimate of drug-likeness (QED) is 0.475. The Balaban J connectivity index is 0.00000180. The molecule has 3 nitrogen and oxygen atoms in total. The highest BCUT2D eigenvalue weighted by atomic mass is 127. The second-order valence-electron chi connectivity index (χ2n) is 4.13. The van der Waals surface area contributed by atoms with Crippen LogP contribution in [0.5, 0.6) is 0 Å². The minimum absolute atomic E-state index is 0. The van der Waals surface area contributed by atoms with Gasteiger partial charge in [-0.3, -0.25) is 4.99 Å². The van der Waals surface area contributed by atoms with E-state index < -0.39 is 0 Å². The Morgan fingerprint density at radius 3 is 2.63 bits per heavy atom. The largest absolute Gasteiger partial charge is 0.370 e. The fourth-order valence-electron chi connectivity index (χ4n) is 1.61. The molecule has 0 saturated heterocycles. The molecule has 0 aliphatic rings. The zero-order valence-electron chi connectivity index (χ0n) is 10.7. The number of nitrogens with zero attached hydrogens (tertiary/aromatic N) is 1. The smallest absolute Gasteiger partial charge is 0.193 e. The van der Waals surface area contributed by atoms with Crippen LogP contribution in [-0.4, -0.2) is 12.5 Å². The molecule has 0 radical (unpaired) electrons. The van der Waals surface area contributed by atoms with Gasteiger partial charge in [0.2, 0.25) is 0 Å². The van der Waals surface area contributed by atoms with E-state index in [1.165, 1.54) is 4.88 Å². The van der Waals surface area contributed by atoms with Crippen LogP contribution in [-0.2, 0) is 0 Å². The van der Waals surface area contributed by atoms with Crippen LogP contribution < -0.4 is 11.1 Å². The fourth-order valence-corrected chi connectivity index (χ4v) is 2.38. The van der Waals surface area contributed by atoms with E-state index in [2.05, 4.69) is 34.7 Å². The van der Waals surface area contributed by atoms with Gasteiger partial charge in [0.1, 0.15) is 0 Å². The summed E-state index contributed by atoms with van der Waals surface area (Å²) in [6.45, 7) is 2.86. The van der Waals surface area contributed by atoms with Gasteiger partial charge in [-0.05, 0) is 23.6 Å². The fraction of sp³-hybridized carbons (Fsp3) is 0.214. The second kappa shape index (κ2) is 8.16. The van der Waals surface area contributed by atoms with E-state index in [1.54, 1.807) is 11.3 Å². The lowest BCUT2D eigenvalue weighted by molar-refractivity contribution is 0.790. The molecule has 0 saturated carbocycles. The Bertz CT molecular complexity index is 497. The van der Waals surface area contributed by atoms with E-state index in [9.17, 15) is 0 Å². The third-order valence-electron chi connectivity index (χ3n) is 2.61. The van der Waals surface area contributed by atoms with Crippen molar-refractivity contribution in [2.24, 2.45) is 10.7 Å². The number of hydrogen-bond donors (Lipinski definition) is 2. The summed E-state index contributed by atoms with van der Waals surface area (Å²) >= 11 is 1.76. The molecule has 2 rings (SSSR count). The van der Waals surface area contributed by atoms with Crippen molar-refractivity contribution < 1.29 is 0 Å². The number of hydrogen-bond acceptors (Lipinski definition) is 2. The molecule has 0 aliphatic heterocycles. The lowest BCUT2D eigenvalue weighted by atomic mass is 10.1. The van der Waals surface area contributed by atoms with E-state index in [0.717, 1.165) is 5.69 Å². The number of rotatable bonds is 4. The molecule has 5 heteroatoms. The van der Waals surface area contributed by atoms with Crippen LogP contribution in [0.15, 0.2) is 52.8 Å². The number of aliphatic imine (C=N–C) groups is 1. The average Bonchev–Trinajstić information content (AvgIpc) is 2.91. The van der Waals surface area contributed by atoms with Crippen LogP contribution in [0, 0.1) is 0 Å². The number of benzene rings is 1. The molecule has 2 aromatic rings. The van der Waals surface area contributed by atoms with E-state index in [0.29, 0.717) is 18.4 Å². The summed E-state index contributed by atoms with van der Waals surface area (Å²) in [6.07, 6.45) is 0. The monoisotopic (exact) mass is 387 g/mol. The SMILES string of the molecule is CC(CN=C(N)Nc1ccccc1)c1cccs1.I. The zero-order valence-corrected chi connectivity index (χ0v) is 13.9. The van der Waals surface area contributed by atoms with Crippen molar-refractivity contribution in [2.45, 2.75) is 12.8 Å². The van der Waals surface area contributed by atoms with Crippen molar-refractivity contribution in [1.82, 2.24) is 0 Å². The molecule has 1 atom stereocenters. The summed E-state index contributed by atoms with van der Waals surface area (Å²) in [4.78, 5) is 5.70. The highest BCUT2D eigenvalue weighted by Crippen LogP contribution is 2.20. The first-order valence-corrected chi connectivity index (χ1v) is 6.79. The number of anilines is 1. The molecule has 1 aromatic heterocycles. The van der Waals surface area contributed by atoms with E-state index >= 15 is 0 Å². The van der Waals surface area contributed by atoms with Gasteiger partial charge in [-0.2, -0.15) is 0 Å². The van der Waals surface area contributed by atoms with Gasteiger partial charge in [-0.1, -0.05) is 31.2 Å². The van der Waals surface area contributed by atoms with Gasteiger partial charge in [-0.15, -0.1) is 35.3 Å². The van der Waals surface area contributed by atoms with Crippen LogP contribution >= 0.6 is 35.3 Å². The summed E-state index contributed by atoms with van der Waals surface area (Å²) in [5, 5.41) is 5.16. The van der Waals surface area contributed by atoms with Crippen molar-refractivity contribution in [2.75, 3.05) is 11.9 Å². The minimum atomic E-state index is 0. The molecule has 3 N–H and O–H groups in total. The Morgan fingerprint density at radius 2 is 2.00 bits per heavy atom. The van der Waals surface area contributed by atoms with E-state index in [1.807, 2.05) is 30.3 Å². The molecule has 102 valence electrons. The number of nitrogens with one attached hydrogen (secondary N) is 1. The van der Waals surface area contributed by atoms with Crippen molar-refractivity contribution in [1.29, 1.82) is 0 Å². The number of thiophene rings is 1. The molecule has 19 heavy (non-hydrogen) atoms. The third kappa shape index (κ3) is 5.20. The molecule has 1 aromatic carbocycles. The Hall–Kier alpha value is -1.08. The Morgan fingerprint density at radius 1 is 1.26 bits per heavy atom. The molecule has 0 amide bonds. The van der Waals surface area contributed by atoms with Gasteiger partial charge in [-0.25, -0.2) is 0 Å². The van der Waals surface area contributed by atoms with Gasteiger partial charge in [0.15, 0.2) is 5.96 Å². The van der Waals surface area contributed by atoms with Crippen molar-refractivity contribution in [3.8, 4) is 0 Å². The first-order valence-electron chi connectivity index (χ1n) is 5.91. The highest BCUT2D eigenvalue weighted by Gasteiger charge is 2.05. The number of guanidine groups is 1. The first kappa shape index (κ1) is 16.0. The summed E-state index contributed by atoms with van der Waals surface area (Å²) in [7, 11) is 0. The topological polar surface area (TPSA) is 50.4 Å². The van der Waals surface area contributed by atoms with Gasteiger partial charge in [0.05, 0.1) is 6.54 Å².